The average molecular weight is 334 g/mol. The van der Waals surface area contributed by atoms with Crippen LogP contribution in [0.5, 0.6) is 0 Å². The summed E-state index contributed by atoms with van der Waals surface area (Å²) < 4.78 is 7.82. The van der Waals surface area contributed by atoms with Crippen LogP contribution in [0.4, 0.5) is 5.82 Å². The molecule has 0 fully saturated rings. The fraction of sp³-hybridized carbons (Fsp3) is 0.154. The van der Waals surface area contributed by atoms with Crippen LogP contribution in [0.25, 0.3) is 22.8 Å². The number of anilines is 1. The molecule has 0 unspecified atom stereocenters. The highest BCUT2D eigenvalue weighted by atomic mass is 79.9. The Bertz CT molecular complexity index is 777. The summed E-state index contributed by atoms with van der Waals surface area (Å²) in [6, 6.07) is 5.89. The van der Waals surface area contributed by atoms with E-state index in [2.05, 4.69) is 31.2 Å². The quantitative estimate of drug-likeness (QED) is 0.779. The number of aromatic nitrogens is 4. The van der Waals surface area contributed by atoms with Crippen LogP contribution in [0.15, 0.2) is 33.4 Å². The normalized spacial score (nSPS) is 10.9. The van der Waals surface area contributed by atoms with Crippen LogP contribution >= 0.6 is 15.9 Å². The number of nitrogens with zero attached hydrogens (tertiary/aromatic N) is 4. The second-order valence-corrected chi connectivity index (χ2v) is 5.31. The van der Waals surface area contributed by atoms with Gasteiger partial charge in [-0.15, -0.1) is 0 Å². The predicted octanol–water partition coefficient (Wildman–Crippen LogP) is 2.79. The number of halogens is 1. The first-order chi connectivity index (χ1) is 9.56. The molecule has 0 bridgehead atoms. The lowest BCUT2D eigenvalue weighted by Crippen LogP contribution is -1.98. The van der Waals surface area contributed by atoms with Crippen LogP contribution < -0.4 is 5.73 Å². The molecule has 7 heteroatoms. The zero-order valence-electron chi connectivity index (χ0n) is 11.0. The molecule has 1 aromatic carbocycles. The molecular weight excluding hydrogens is 322 g/mol. The number of aryl methyl sites for hydroxylation is 2. The van der Waals surface area contributed by atoms with E-state index in [-0.39, 0.29) is 0 Å². The van der Waals surface area contributed by atoms with E-state index in [0.717, 1.165) is 15.6 Å². The van der Waals surface area contributed by atoms with E-state index in [4.69, 9.17) is 10.3 Å². The number of nitrogen functional groups attached to an aromatic ring is 1. The Kier molecular flexibility index (Phi) is 3.06. The lowest BCUT2D eigenvalue weighted by Gasteiger charge is -1.99. The molecule has 3 aromatic rings. The van der Waals surface area contributed by atoms with E-state index in [9.17, 15) is 0 Å². The molecule has 6 nitrogen and oxygen atoms in total. The van der Waals surface area contributed by atoms with Gasteiger partial charge in [-0.3, -0.25) is 4.68 Å². The summed E-state index contributed by atoms with van der Waals surface area (Å²) in [5.74, 6) is 1.37. The number of hydrogen-bond donors (Lipinski definition) is 1. The molecule has 0 spiro atoms. The van der Waals surface area contributed by atoms with Crippen molar-refractivity contribution >= 4 is 21.7 Å². The molecule has 0 saturated heterocycles. The minimum absolute atomic E-state index is 0.363. The van der Waals surface area contributed by atoms with Crippen molar-refractivity contribution in [3.05, 3.63) is 34.4 Å². The van der Waals surface area contributed by atoms with Crippen LogP contribution in [0.1, 0.15) is 5.56 Å². The molecule has 2 N–H and O–H groups in total. The first-order valence-corrected chi connectivity index (χ1v) is 6.73. The third-order valence-corrected chi connectivity index (χ3v) is 3.93. The third-order valence-electron chi connectivity index (χ3n) is 3.07. The third kappa shape index (κ3) is 2.09. The molecule has 0 radical (unpaired) electrons. The van der Waals surface area contributed by atoms with Crippen LogP contribution in [0.3, 0.4) is 0 Å². The summed E-state index contributed by atoms with van der Waals surface area (Å²) in [4.78, 5) is 4.36. The Morgan fingerprint density at radius 1 is 1.35 bits per heavy atom. The number of nitrogens with two attached hydrogens (primary N) is 1. The van der Waals surface area contributed by atoms with Gasteiger partial charge in [-0.2, -0.15) is 10.1 Å². The van der Waals surface area contributed by atoms with Gasteiger partial charge in [0.1, 0.15) is 11.4 Å². The van der Waals surface area contributed by atoms with Gasteiger partial charge in [-0.1, -0.05) is 33.2 Å². The van der Waals surface area contributed by atoms with Crippen molar-refractivity contribution in [1.29, 1.82) is 0 Å². The Labute approximate surface area is 123 Å². The van der Waals surface area contributed by atoms with Crippen molar-refractivity contribution in [1.82, 2.24) is 19.9 Å². The summed E-state index contributed by atoms with van der Waals surface area (Å²) in [6.45, 7) is 2.02. The van der Waals surface area contributed by atoms with E-state index in [1.807, 2.05) is 25.1 Å². The van der Waals surface area contributed by atoms with Gasteiger partial charge in [0.05, 0.1) is 6.20 Å². The fourth-order valence-corrected chi connectivity index (χ4v) is 2.17. The van der Waals surface area contributed by atoms with Crippen molar-refractivity contribution in [3.63, 3.8) is 0 Å². The smallest absolute Gasteiger partial charge is 0.263 e. The molecule has 0 amide bonds. The van der Waals surface area contributed by atoms with Crippen molar-refractivity contribution in [2.45, 2.75) is 6.92 Å². The predicted molar refractivity (Wildman–Crippen MR) is 78.8 cm³/mol. The molecular formula is C13H12BrN5O. The standard InChI is InChI=1S/C13H12BrN5O/c1-7-3-4-8(5-10(7)14)12-17-13(20-18-12)9-6-16-19(2)11(9)15/h3-6H,15H2,1-2H3. The summed E-state index contributed by atoms with van der Waals surface area (Å²) in [7, 11) is 1.76. The maximum absolute atomic E-state index is 5.89. The van der Waals surface area contributed by atoms with E-state index < -0.39 is 0 Å². The van der Waals surface area contributed by atoms with Crippen LogP contribution in [-0.4, -0.2) is 19.9 Å². The highest BCUT2D eigenvalue weighted by Gasteiger charge is 2.16. The van der Waals surface area contributed by atoms with E-state index in [0.29, 0.717) is 23.1 Å². The lowest BCUT2D eigenvalue weighted by atomic mass is 10.1. The topological polar surface area (TPSA) is 82.8 Å². The number of hydrogen-bond acceptors (Lipinski definition) is 5. The molecule has 3 rings (SSSR count). The highest BCUT2D eigenvalue weighted by Crippen LogP contribution is 2.28. The Balaban J connectivity index is 2.01. The van der Waals surface area contributed by atoms with Crippen LogP contribution in [-0.2, 0) is 7.05 Å². The Morgan fingerprint density at radius 3 is 2.80 bits per heavy atom. The fourth-order valence-electron chi connectivity index (χ4n) is 1.79. The average Bonchev–Trinajstić information content (AvgIpc) is 3.02. The zero-order chi connectivity index (χ0) is 14.3. The molecule has 0 aliphatic heterocycles. The molecule has 2 aromatic heterocycles. The van der Waals surface area contributed by atoms with Crippen LogP contribution in [0.2, 0.25) is 0 Å². The minimum atomic E-state index is 0.363. The van der Waals surface area contributed by atoms with Crippen molar-refractivity contribution in [2.24, 2.45) is 7.05 Å². The SMILES string of the molecule is Cc1ccc(-c2noc(-c3cnn(C)c3N)n2)cc1Br. The van der Waals surface area contributed by atoms with Gasteiger partial charge in [-0.25, -0.2) is 0 Å². The van der Waals surface area contributed by atoms with E-state index in [1.165, 1.54) is 0 Å². The highest BCUT2D eigenvalue weighted by molar-refractivity contribution is 9.10. The van der Waals surface area contributed by atoms with Gasteiger partial charge in [-0.05, 0) is 18.6 Å². The Morgan fingerprint density at radius 2 is 2.15 bits per heavy atom. The zero-order valence-corrected chi connectivity index (χ0v) is 12.5. The Hall–Kier alpha value is -2.15. The summed E-state index contributed by atoms with van der Waals surface area (Å²) in [5.41, 5.74) is 8.55. The van der Waals surface area contributed by atoms with Gasteiger partial charge >= 0.3 is 0 Å². The van der Waals surface area contributed by atoms with E-state index in [1.54, 1.807) is 17.9 Å². The summed E-state index contributed by atoms with van der Waals surface area (Å²) in [6.07, 6.45) is 1.61. The molecule has 2 heterocycles. The second kappa shape index (κ2) is 4.75. The monoisotopic (exact) mass is 333 g/mol. The maximum atomic E-state index is 5.89. The van der Waals surface area contributed by atoms with Crippen molar-refractivity contribution in [3.8, 4) is 22.8 Å². The number of rotatable bonds is 2. The largest absolute Gasteiger partial charge is 0.383 e. The summed E-state index contributed by atoms with van der Waals surface area (Å²) >= 11 is 3.49. The molecule has 0 atom stereocenters. The van der Waals surface area contributed by atoms with Gasteiger partial charge in [0.25, 0.3) is 5.89 Å². The molecule has 0 saturated carbocycles. The van der Waals surface area contributed by atoms with Gasteiger partial charge in [0, 0.05) is 17.1 Å². The first kappa shape index (κ1) is 12.9. The molecule has 20 heavy (non-hydrogen) atoms. The molecule has 0 aliphatic rings. The van der Waals surface area contributed by atoms with E-state index >= 15 is 0 Å². The first-order valence-electron chi connectivity index (χ1n) is 5.94. The second-order valence-electron chi connectivity index (χ2n) is 4.45. The van der Waals surface area contributed by atoms with Gasteiger partial charge in [0.2, 0.25) is 5.82 Å². The molecule has 0 aliphatic carbocycles. The van der Waals surface area contributed by atoms with Gasteiger partial charge in [0.15, 0.2) is 0 Å². The minimum Gasteiger partial charge on any atom is -0.383 e. The molecule has 102 valence electrons. The summed E-state index contributed by atoms with van der Waals surface area (Å²) in [5, 5.41) is 8.04. The lowest BCUT2D eigenvalue weighted by molar-refractivity contribution is 0.432. The maximum Gasteiger partial charge on any atom is 0.263 e. The van der Waals surface area contributed by atoms with Crippen molar-refractivity contribution in [2.75, 3.05) is 5.73 Å². The van der Waals surface area contributed by atoms with Crippen molar-refractivity contribution < 1.29 is 4.52 Å². The van der Waals surface area contributed by atoms with Crippen LogP contribution in [0, 0.1) is 6.92 Å². The van der Waals surface area contributed by atoms with Gasteiger partial charge < -0.3 is 10.3 Å². The number of benzene rings is 1.